The van der Waals surface area contributed by atoms with Crippen LogP contribution in [0.25, 0.3) is 5.70 Å². The van der Waals surface area contributed by atoms with E-state index < -0.39 is 0 Å². The van der Waals surface area contributed by atoms with Gasteiger partial charge in [-0.2, -0.15) is 0 Å². The smallest absolute Gasteiger partial charge is 0.188 e. The van der Waals surface area contributed by atoms with Crippen molar-refractivity contribution in [3.8, 4) is 0 Å². The molecule has 0 saturated carbocycles. The van der Waals surface area contributed by atoms with E-state index in [0.717, 1.165) is 25.2 Å². The van der Waals surface area contributed by atoms with E-state index in [9.17, 15) is 4.79 Å². The van der Waals surface area contributed by atoms with Crippen LogP contribution in [-0.2, 0) is 0 Å². The standard InChI is InChI=1S/C18H13Br2NOS/c1-21-16(12-2-6-14(19)7-3-12)11-23-18(21)10-17(22)13-4-8-15(20)9-5-13/h2-11H,1H3. The normalized spacial score (nSPS) is 15.9. The molecule has 0 N–H and O–H groups in total. The number of nitrogens with zero attached hydrogens (tertiary/aromatic N) is 1. The third kappa shape index (κ3) is 3.79. The van der Waals surface area contributed by atoms with Crippen molar-refractivity contribution in [3.05, 3.63) is 85.1 Å². The number of hydrogen-bond acceptors (Lipinski definition) is 3. The summed E-state index contributed by atoms with van der Waals surface area (Å²) in [5, 5.41) is 3.00. The van der Waals surface area contributed by atoms with Crippen molar-refractivity contribution in [1.82, 2.24) is 4.90 Å². The Balaban J connectivity index is 1.79. The third-order valence-corrected chi connectivity index (χ3v) is 5.54. The summed E-state index contributed by atoms with van der Waals surface area (Å²) < 4.78 is 2.02. The largest absolute Gasteiger partial charge is 0.338 e. The third-order valence-electron chi connectivity index (χ3n) is 3.51. The van der Waals surface area contributed by atoms with Crippen molar-refractivity contribution in [2.24, 2.45) is 0 Å². The van der Waals surface area contributed by atoms with E-state index in [4.69, 9.17) is 0 Å². The number of benzene rings is 2. The van der Waals surface area contributed by atoms with Crippen LogP contribution >= 0.6 is 43.6 Å². The molecule has 0 bridgehead atoms. The van der Waals surface area contributed by atoms with Gasteiger partial charge in [0.2, 0.25) is 0 Å². The van der Waals surface area contributed by atoms with Crippen molar-refractivity contribution < 1.29 is 4.79 Å². The van der Waals surface area contributed by atoms with Crippen LogP contribution in [0, 0.1) is 0 Å². The summed E-state index contributed by atoms with van der Waals surface area (Å²) in [7, 11) is 1.98. The van der Waals surface area contributed by atoms with Gasteiger partial charge in [0.05, 0.1) is 10.7 Å². The molecule has 1 heterocycles. The van der Waals surface area contributed by atoms with Gasteiger partial charge in [0.1, 0.15) is 0 Å². The highest BCUT2D eigenvalue weighted by Crippen LogP contribution is 2.38. The molecule has 0 aromatic heterocycles. The molecular formula is C18H13Br2NOS. The molecule has 5 heteroatoms. The number of hydrogen-bond donors (Lipinski definition) is 0. The molecule has 0 unspecified atom stereocenters. The first-order chi connectivity index (χ1) is 11.0. The zero-order valence-electron chi connectivity index (χ0n) is 12.3. The van der Waals surface area contributed by atoms with E-state index in [1.54, 1.807) is 17.8 Å². The number of ketones is 1. The molecule has 1 aliphatic rings. The van der Waals surface area contributed by atoms with Crippen LogP contribution in [0.4, 0.5) is 0 Å². The molecule has 23 heavy (non-hydrogen) atoms. The Labute approximate surface area is 156 Å². The summed E-state index contributed by atoms with van der Waals surface area (Å²) in [5.74, 6) is 0.0114. The van der Waals surface area contributed by atoms with E-state index in [-0.39, 0.29) is 5.78 Å². The summed E-state index contributed by atoms with van der Waals surface area (Å²) >= 11 is 8.39. The van der Waals surface area contributed by atoms with E-state index in [1.165, 1.54) is 0 Å². The lowest BCUT2D eigenvalue weighted by atomic mass is 10.1. The minimum Gasteiger partial charge on any atom is -0.338 e. The van der Waals surface area contributed by atoms with Crippen LogP contribution in [0.3, 0.4) is 0 Å². The van der Waals surface area contributed by atoms with E-state index in [2.05, 4.69) is 49.4 Å². The first-order valence-electron chi connectivity index (χ1n) is 6.93. The molecule has 2 aromatic carbocycles. The maximum Gasteiger partial charge on any atom is 0.188 e. The lowest BCUT2D eigenvalue weighted by molar-refractivity contribution is 0.104. The molecule has 3 rings (SSSR count). The second-order valence-electron chi connectivity index (χ2n) is 5.04. The van der Waals surface area contributed by atoms with Crippen molar-refractivity contribution in [2.75, 3.05) is 7.05 Å². The number of carbonyl (C=O) groups excluding carboxylic acids is 1. The Hall–Kier alpha value is -1.30. The van der Waals surface area contributed by atoms with Crippen molar-refractivity contribution in [2.45, 2.75) is 0 Å². The van der Waals surface area contributed by atoms with Gasteiger partial charge in [-0.3, -0.25) is 4.79 Å². The van der Waals surface area contributed by atoms with Crippen LogP contribution in [-0.4, -0.2) is 17.7 Å². The summed E-state index contributed by atoms with van der Waals surface area (Å²) in [6, 6.07) is 15.6. The Morgan fingerprint density at radius 2 is 1.57 bits per heavy atom. The van der Waals surface area contributed by atoms with E-state index >= 15 is 0 Å². The van der Waals surface area contributed by atoms with Crippen molar-refractivity contribution in [1.29, 1.82) is 0 Å². The fraction of sp³-hybridized carbons (Fsp3) is 0.0556. The summed E-state index contributed by atoms with van der Waals surface area (Å²) in [6.07, 6.45) is 1.69. The number of allylic oxidation sites excluding steroid dienone is 1. The Kier molecular flexibility index (Phi) is 5.09. The van der Waals surface area contributed by atoms with Crippen LogP contribution in [0.1, 0.15) is 15.9 Å². The maximum atomic E-state index is 12.4. The van der Waals surface area contributed by atoms with Gasteiger partial charge in [-0.05, 0) is 42.0 Å². The lowest BCUT2D eigenvalue weighted by Gasteiger charge is -2.17. The molecule has 0 atom stereocenters. The molecule has 0 amide bonds. The van der Waals surface area contributed by atoms with Gasteiger partial charge in [0.15, 0.2) is 5.78 Å². The maximum absolute atomic E-state index is 12.4. The predicted octanol–water partition coefficient (Wildman–Crippen LogP) is 5.91. The first-order valence-corrected chi connectivity index (χ1v) is 9.39. The lowest BCUT2D eigenvalue weighted by Crippen LogP contribution is -2.11. The van der Waals surface area contributed by atoms with Gasteiger partial charge in [-0.25, -0.2) is 0 Å². The van der Waals surface area contributed by atoms with Crippen LogP contribution < -0.4 is 0 Å². The predicted molar refractivity (Wildman–Crippen MR) is 104 cm³/mol. The number of carbonyl (C=O) groups is 1. The molecule has 2 nitrogen and oxygen atoms in total. The number of halogens is 2. The Morgan fingerprint density at radius 1 is 1.00 bits per heavy atom. The molecule has 0 fully saturated rings. The average molecular weight is 451 g/mol. The molecule has 0 radical (unpaired) electrons. The highest BCUT2D eigenvalue weighted by molar-refractivity contribution is 9.10. The average Bonchev–Trinajstić information content (AvgIpc) is 2.90. The quantitative estimate of drug-likeness (QED) is 0.428. The molecule has 116 valence electrons. The molecule has 0 aliphatic carbocycles. The van der Waals surface area contributed by atoms with Gasteiger partial charge in [-0.1, -0.05) is 55.8 Å². The highest BCUT2D eigenvalue weighted by Gasteiger charge is 2.20. The highest BCUT2D eigenvalue weighted by atomic mass is 79.9. The minimum atomic E-state index is 0.0114. The van der Waals surface area contributed by atoms with E-state index in [0.29, 0.717) is 5.56 Å². The summed E-state index contributed by atoms with van der Waals surface area (Å²) in [5.41, 5.74) is 2.91. The summed E-state index contributed by atoms with van der Waals surface area (Å²) in [6.45, 7) is 0. The Bertz CT molecular complexity index is 795. The van der Waals surface area contributed by atoms with Gasteiger partial charge >= 0.3 is 0 Å². The molecule has 0 spiro atoms. The van der Waals surface area contributed by atoms with Crippen LogP contribution in [0.15, 0.2) is 74.0 Å². The molecule has 0 saturated heterocycles. The van der Waals surface area contributed by atoms with Gasteiger partial charge in [-0.15, -0.1) is 0 Å². The zero-order chi connectivity index (χ0) is 16.4. The van der Waals surface area contributed by atoms with Gasteiger partial charge in [0, 0.05) is 33.0 Å². The zero-order valence-corrected chi connectivity index (χ0v) is 16.3. The van der Waals surface area contributed by atoms with Crippen LogP contribution in [0.5, 0.6) is 0 Å². The first kappa shape index (κ1) is 16.6. The SMILES string of the molecule is CN1C(=CC(=O)c2ccc(Br)cc2)SC=C1c1ccc(Br)cc1. The second kappa shape index (κ2) is 7.07. The topological polar surface area (TPSA) is 20.3 Å². The second-order valence-corrected chi connectivity index (χ2v) is 7.76. The molecule has 1 aliphatic heterocycles. The van der Waals surface area contributed by atoms with E-state index in [1.807, 2.05) is 48.3 Å². The molecule has 2 aromatic rings. The number of rotatable bonds is 3. The number of thioether (sulfide) groups is 1. The summed E-state index contributed by atoms with van der Waals surface area (Å²) in [4.78, 5) is 14.4. The monoisotopic (exact) mass is 449 g/mol. The van der Waals surface area contributed by atoms with Crippen molar-refractivity contribution >= 4 is 55.1 Å². The Morgan fingerprint density at radius 3 is 2.17 bits per heavy atom. The molecular weight excluding hydrogens is 438 g/mol. The minimum absolute atomic E-state index is 0.0114. The van der Waals surface area contributed by atoms with Gasteiger partial charge < -0.3 is 4.90 Å². The van der Waals surface area contributed by atoms with Crippen molar-refractivity contribution in [3.63, 3.8) is 0 Å². The van der Waals surface area contributed by atoms with Crippen LogP contribution in [0.2, 0.25) is 0 Å². The van der Waals surface area contributed by atoms with Gasteiger partial charge in [0.25, 0.3) is 0 Å². The fourth-order valence-electron chi connectivity index (χ4n) is 2.22. The fourth-order valence-corrected chi connectivity index (χ4v) is 3.70.